The Kier molecular flexibility index (Phi) is 6.02. The molecule has 2 aromatic carbocycles. The van der Waals surface area contributed by atoms with Crippen molar-refractivity contribution in [1.82, 2.24) is 9.47 Å². The van der Waals surface area contributed by atoms with Gasteiger partial charge in [0.1, 0.15) is 5.00 Å². The number of rotatable bonds is 3. The number of fused-ring (bicyclic) bond motifs is 5. The van der Waals surface area contributed by atoms with Crippen molar-refractivity contribution >= 4 is 40.3 Å². The van der Waals surface area contributed by atoms with Crippen LogP contribution in [0.5, 0.6) is 0 Å². The van der Waals surface area contributed by atoms with Gasteiger partial charge in [-0.2, -0.15) is 0 Å². The van der Waals surface area contributed by atoms with Crippen molar-refractivity contribution in [3.8, 4) is 5.00 Å². The normalized spacial score (nSPS) is 16.5. The largest absolute Gasteiger partial charge is 0.378 e. The van der Waals surface area contributed by atoms with Gasteiger partial charge in [-0.15, -0.1) is 11.3 Å². The van der Waals surface area contributed by atoms with Crippen LogP contribution < -0.4 is 10.2 Å². The fourth-order valence-electron chi connectivity index (χ4n) is 5.44. The maximum Gasteiger partial charge on any atom is 0.323 e. The number of urea groups is 1. The number of nitrogens with zero attached hydrogens (tertiary/aromatic N) is 3. The Bertz CT molecular complexity index is 1420. The molecule has 0 radical (unpaired) electrons. The number of carbonyl (C=O) groups is 1. The van der Waals surface area contributed by atoms with E-state index in [0.717, 1.165) is 29.8 Å². The number of halogens is 1. The topological polar surface area (TPSA) is 40.5 Å². The molecule has 6 rings (SSSR count). The highest BCUT2D eigenvalue weighted by atomic mass is 35.5. The average Bonchev–Trinajstić information content (AvgIpc) is 3.47. The number of hydrogen-bond acceptors (Lipinski definition) is 3. The lowest BCUT2D eigenvalue weighted by Gasteiger charge is -2.32. The minimum absolute atomic E-state index is 0.152. The Hall–Kier alpha value is -3.22. The van der Waals surface area contributed by atoms with Crippen molar-refractivity contribution in [3.05, 3.63) is 99.1 Å². The summed E-state index contributed by atoms with van der Waals surface area (Å²) in [5.74, 6) is 0. The summed E-state index contributed by atoms with van der Waals surface area (Å²) in [5.41, 5.74) is 6.66. The van der Waals surface area contributed by atoms with Crippen LogP contribution in [-0.4, -0.2) is 29.6 Å². The standard InChI is InChI=1S/C29H29ClN4OS/c1-32(2)20-15-13-19(14-16-20)27-25-11-7-17-33(25)28-22(21-8-3-6-12-26(21)36-28)18-34(27)29(35)31-24-10-5-4-9-23(24)30/h4-5,7,9-11,13-17,27H,3,6,8,12,18H2,1-2H3,(H,31,35)/t27-/m1/s1. The molecule has 7 heteroatoms. The van der Waals surface area contributed by atoms with E-state index in [9.17, 15) is 4.79 Å². The molecule has 0 fully saturated rings. The molecule has 1 aliphatic heterocycles. The van der Waals surface area contributed by atoms with E-state index in [2.05, 4.69) is 57.4 Å². The number of carbonyl (C=O) groups excluding carboxylic acids is 1. The molecule has 2 aromatic heterocycles. The van der Waals surface area contributed by atoms with E-state index in [-0.39, 0.29) is 12.1 Å². The average molecular weight is 517 g/mol. The molecule has 4 aromatic rings. The first-order valence-corrected chi connectivity index (χ1v) is 13.6. The molecule has 0 saturated carbocycles. The molecule has 2 aliphatic rings. The summed E-state index contributed by atoms with van der Waals surface area (Å²) in [6.45, 7) is 0.555. The maximum absolute atomic E-state index is 14.0. The zero-order valence-electron chi connectivity index (χ0n) is 20.5. The lowest BCUT2D eigenvalue weighted by molar-refractivity contribution is 0.194. The van der Waals surface area contributed by atoms with Crippen LogP contribution in [0.25, 0.3) is 5.00 Å². The number of benzene rings is 2. The van der Waals surface area contributed by atoms with Crippen molar-refractivity contribution < 1.29 is 4.79 Å². The summed E-state index contributed by atoms with van der Waals surface area (Å²) >= 11 is 8.32. The minimum Gasteiger partial charge on any atom is -0.378 e. The quantitative estimate of drug-likeness (QED) is 0.311. The van der Waals surface area contributed by atoms with E-state index in [0.29, 0.717) is 17.3 Å². The van der Waals surface area contributed by atoms with Crippen LogP contribution in [0.15, 0.2) is 66.9 Å². The van der Waals surface area contributed by atoms with Gasteiger partial charge in [-0.05, 0) is 73.2 Å². The Balaban J connectivity index is 1.49. The molecule has 1 aliphatic carbocycles. The summed E-state index contributed by atoms with van der Waals surface area (Å²) in [6.07, 6.45) is 6.80. The smallest absolute Gasteiger partial charge is 0.323 e. The first-order chi connectivity index (χ1) is 17.5. The first-order valence-electron chi connectivity index (χ1n) is 12.4. The van der Waals surface area contributed by atoms with Crippen LogP contribution in [0.4, 0.5) is 16.2 Å². The van der Waals surface area contributed by atoms with Crippen molar-refractivity contribution in [2.24, 2.45) is 0 Å². The van der Waals surface area contributed by atoms with E-state index in [1.807, 2.05) is 48.5 Å². The molecule has 5 nitrogen and oxygen atoms in total. The zero-order valence-corrected chi connectivity index (χ0v) is 22.1. The molecular weight excluding hydrogens is 488 g/mol. The fourth-order valence-corrected chi connectivity index (χ4v) is 7.03. The minimum atomic E-state index is -0.238. The Morgan fingerprint density at radius 1 is 1.00 bits per heavy atom. The van der Waals surface area contributed by atoms with Gasteiger partial charge >= 0.3 is 6.03 Å². The van der Waals surface area contributed by atoms with E-state index in [1.54, 1.807) is 6.07 Å². The van der Waals surface area contributed by atoms with Crippen LogP contribution in [-0.2, 0) is 19.4 Å². The van der Waals surface area contributed by atoms with Gasteiger partial charge in [-0.1, -0.05) is 35.9 Å². The van der Waals surface area contributed by atoms with Gasteiger partial charge in [-0.3, -0.25) is 0 Å². The van der Waals surface area contributed by atoms with Crippen molar-refractivity contribution in [2.75, 3.05) is 24.3 Å². The number of amides is 2. The van der Waals surface area contributed by atoms with Gasteiger partial charge in [0.15, 0.2) is 0 Å². The predicted molar refractivity (Wildman–Crippen MR) is 149 cm³/mol. The second kappa shape index (κ2) is 9.34. The first kappa shape index (κ1) is 23.2. The molecule has 3 heterocycles. The number of nitrogens with one attached hydrogen (secondary N) is 1. The zero-order chi connectivity index (χ0) is 24.8. The highest BCUT2D eigenvalue weighted by Gasteiger charge is 2.36. The molecule has 1 N–H and O–H groups in total. The van der Waals surface area contributed by atoms with Gasteiger partial charge in [0.25, 0.3) is 0 Å². The summed E-state index contributed by atoms with van der Waals surface area (Å²) in [4.78, 5) is 19.6. The SMILES string of the molecule is CN(C)c1ccc([C@@H]2c3cccn3-c3sc4c(c3CN2C(=O)Nc2ccccc2Cl)CCCC4)cc1. The molecule has 184 valence electrons. The van der Waals surface area contributed by atoms with Crippen LogP contribution in [0.3, 0.4) is 0 Å². The lowest BCUT2D eigenvalue weighted by Crippen LogP contribution is -2.38. The Morgan fingerprint density at radius 2 is 1.78 bits per heavy atom. The molecular formula is C29H29ClN4OS. The monoisotopic (exact) mass is 516 g/mol. The molecule has 0 spiro atoms. The number of aromatic nitrogens is 1. The summed E-state index contributed by atoms with van der Waals surface area (Å²) in [7, 11) is 4.08. The fraction of sp³-hybridized carbons (Fsp3) is 0.276. The summed E-state index contributed by atoms with van der Waals surface area (Å²) in [6, 6.07) is 19.8. The maximum atomic E-state index is 14.0. The van der Waals surface area contributed by atoms with E-state index in [1.165, 1.54) is 33.8 Å². The predicted octanol–water partition coefficient (Wildman–Crippen LogP) is 7.27. The highest BCUT2D eigenvalue weighted by Crippen LogP contribution is 2.44. The van der Waals surface area contributed by atoms with Gasteiger partial charge in [0.2, 0.25) is 0 Å². The third-order valence-corrected chi connectivity index (χ3v) is 8.94. The van der Waals surface area contributed by atoms with E-state index in [4.69, 9.17) is 11.6 Å². The van der Waals surface area contributed by atoms with Gasteiger partial charge in [-0.25, -0.2) is 4.79 Å². The van der Waals surface area contributed by atoms with Crippen molar-refractivity contribution in [3.63, 3.8) is 0 Å². The lowest BCUT2D eigenvalue weighted by atomic mass is 9.95. The van der Waals surface area contributed by atoms with Crippen LogP contribution >= 0.6 is 22.9 Å². The summed E-state index contributed by atoms with van der Waals surface area (Å²) in [5, 5.41) is 4.89. The van der Waals surface area contributed by atoms with Crippen LogP contribution in [0, 0.1) is 0 Å². The van der Waals surface area contributed by atoms with Gasteiger partial charge in [0, 0.05) is 36.4 Å². The third-order valence-electron chi connectivity index (χ3n) is 7.28. The molecule has 36 heavy (non-hydrogen) atoms. The van der Waals surface area contributed by atoms with Crippen molar-refractivity contribution in [1.29, 1.82) is 0 Å². The molecule has 2 amide bonds. The van der Waals surface area contributed by atoms with Crippen molar-refractivity contribution in [2.45, 2.75) is 38.3 Å². The number of aryl methyl sites for hydroxylation is 1. The highest BCUT2D eigenvalue weighted by molar-refractivity contribution is 7.15. The van der Waals surface area contributed by atoms with Gasteiger partial charge in [0.05, 0.1) is 29.0 Å². The summed E-state index contributed by atoms with van der Waals surface area (Å²) < 4.78 is 2.31. The Morgan fingerprint density at radius 3 is 2.56 bits per heavy atom. The second-order valence-electron chi connectivity index (χ2n) is 9.72. The molecule has 1 atom stereocenters. The number of para-hydroxylation sites is 1. The van der Waals surface area contributed by atoms with Gasteiger partial charge < -0.3 is 19.7 Å². The third kappa shape index (κ3) is 3.98. The number of anilines is 2. The van der Waals surface area contributed by atoms with E-state index >= 15 is 0 Å². The van der Waals surface area contributed by atoms with Crippen LogP contribution in [0.2, 0.25) is 5.02 Å². The number of hydrogen-bond donors (Lipinski definition) is 1. The second-order valence-corrected chi connectivity index (χ2v) is 11.2. The molecule has 0 saturated heterocycles. The molecule has 0 unspecified atom stereocenters. The Labute approximate surface area is 220 Å². The molecule has 0 bridgehead atoms. The van der Waals surface area contributed by atoms with Crippen LogP contribution in [0.1, 0.15) is 46.1 Å². The number of thiophene rings is 1. The van der Waals surface area contributed by atoms with E-state index < -0.39 is 0 Å².